The van der Waals surface area contributed by atoms with Gasteiger partial charge in [0.25, 0.3) is 5.91 Å². The van der Waals surface area contributed by atoms with Gasteiger partial charge in [0, 0.05) is 23.2 Å². The van der Waals surface area contributed by atoms with Crippen LogP contribution in [0.2, 0.25) is 0 Å². The average Bonchev–Trinajstić information content (AvgIpc) is 3.23. The number of carbonyl (C=O) groups is 1. The zero-order chi connectivity index (χ0) is 21.0. The lowest BCUT2D eigenvalue weighted by Gasteiger charge is -2.16. The summed E-state index contributed by atoms with van der Waals surface area (Å²) in [6, 6.07) is 11.9. The Labute approximate surface area is 180 Å². The van der Waals surface area contributed by atoms with E-state index in [4.69, 9.17) is 4.74 Å². The van der Waals surface area contributed by atoms with E-state index in [1.165, 1.54) is 16.4 Å². The number of nitrogens with one attached hydrogen (secondary N) is 1. The van der Waals surface area contributed by atoms with E-state index in [9.17, 15) is 13.2 Å². The Bertz CT molecular complexity index is 969. The second kappa shape index (κ2) is 9.28. The van der Waals surface area contributed by atoms with Crippen LogP contribution in [0.4, 0.5) is 5.69 Å². The third-order valence-corrected chi connectivity index (χ3v) is 7.20. The van der Waals surface area contributed by atoms with Crippen molar-refractivity contribution in [3.8, 4) is 5.75 Å². The molecule has 1 aliphatic heterocycles. The second-order valence-electron chi connectivity index (χ2n) is 7.31. The first-order valence-electron chi connectivity index (χ1n) is 9.59. The van der Waals surface area contributed by atoms with Gasteiger partial charge in [0.15, 0.2) is 6.61 Å². The Morgan fingerprint density at radius 2 is 1.79 bits per heavy atom. The zero-order valence-corrected chi connectivity index (χ0v) is 18.9. The summed E-state index contributed by atoms with van der Waals surface area (Å²) >= 11 is 3.45. The number of hydrogen-bond donors (Lipinski definition) is 1. The van der Waals surface area contributed by atoms with E-state index in [2.05, 4.69) is 35.1 Å². The molecule has 3 rings (SSSR count). The fourth-order valence-electron chi connectivity index (χ4n) is 3.23. The predicted molar refractivity (Wildman–Crippen MR) is 117 cm³/mol. The molecule has 1 fully saturated rings. The molecule has 8 heteroatoms. The van der Waals surface area contributed by atoms with Crippen LogP contribution in [0.25, 0.3) is 0 Å². The fourth-order valence-corrected chi connectivity index (χ4v) is 5.13. The molecule has 0 unspecified atom stereocenters. The van der Waals surface area contributed by atoms with Gasteiger partial charge in [-0.25, -0.2) is 8.42 Å². The van der Waals surface area contributed by atoms with Crippen molar-refractivity contribution in [2.24, 2.45) is 0 Å². The van der Waals surface area contributed by atoms with Gasteiger partial charge in [0.05, 0.1) is 4.90 Å². The van der Waals surface area contributed by atoms with Crippen LogP contribution in [-0.2, 0) is 14.8 Å². The molecular formula is C21H25BrN2O4S. The maximum absolute atomic E-state index is 12.6. The molecule has 1 aliphatic rings. The molecule has 1 amide bonds. The first-order valence-corrected chi connectivity index (χ1v) is 11.8. The molecule has 29 heavy (non-hydrogen) atoms. The van der Waals surface area contributed by atoms with E-state index in [0.717, 1.165) is 22.9 Å². The minimum atomic E-state index is -3.45. The minimum Gasteiger partial charge on any atom is -0.483 e. The largest absolute Gasteiger partial charge is 0.483 e. The highest BCUT2D eigenvalue weighted by molar-refractivity contribution is 9.10. The Kier molecular flexibility index (Phi) is 6.97. The summed E-state index contributed by atoms with van der Waals surface area (Å²) < 4.78 is 33.3. The fraction of sp³-hybridized carbons (Fsp3) is 0.381. The molecule has 0 bridgehead atoms. The highest BCUT2D eigenvalue weighted by Crippen LogP contribution is 2.29. The van der Waals surface area contributed by atoms with E-state index in [0.29, 0.717) is 24.5 Å². The number of ether oxygens (including phenoxy) is 1. The first-order chi connectivity index (χ1) is 13.8. The van der Waals surface area contributed by atoms with Crippen molar-refractivity contribution >= 4 is 37.5 Å². The van der Waals surface area contributed by atoms with E-state index in [-0.39, 0.29) is 23.3 Å². The summed E-state index contributed by atoms with van der Waals surface area (Å²) in [5, 5.41) is 2.74. The molecule has 0 saturated carbocycles. The quantitative estimate of drug-likeness (QED) is 0.637. The van der Waals surface area contributed by atoms with Crippen molar-refractivity contribution < 1.29 is 17.9 Å². The summed E-state index contributed by atoms with van der Waals surface area (Å²) in [4.78, 5) is 12.5. The lowest BCUT2D eigenvalue weighted by Crippen LogP contribution is -2.27. The van der Waals surface area contributed by atoms with Crippen molar-refractivity contribution in [1.29, 1.82) is 0 Å². The minimum absolute atomic E-state index is 0.130. The summed E-state index contributed by atoms with van der Waals surface area (Å²) in [6.45, 7) is 5.12. The van der Waals surface area contributed by atoms with Gasteiger partial charge < -0.3 is 10.1 Å². The van der Waals surface area contributed by atoms with Gasteiger partial charge in [-0.3, -0.25) is 4.79 Å². The van der Waals surface area contributed by atoms with Gasteiger partial charge in [-0.15, -0.1) is 0 Å². The monoisotopic (exact) mass is 480 g/mol. The van der Waals surface area contributed by atoms with E-state index >= 15 is 0 Å². The number of halogens is 1. The van der Waals surface area contributed by atoms with Gasteiger partial charge >= 0.3 is 0 Å². The molecule has 0 radical (unpaired) electrons. The molecule has 2 aromatic carbocycles. The zero-order valence-electron chi connectivity index (χ0n) is 16.5. The van der Waals surface area contributed by atoms with Crippen LogP contribution >= 0.6 is 15.9 Å². The van der Waals surface area contributed by atoms with Gasteiger partial charge in [-0.05, 0) is 66.8 Å². The molecule has 0 spiro atoms. The number of nitrogens with zero attached hydrogens (tertiary/aromatic N) is 1. The molecule has 156 valence electrons. The topological polar surface area (TPSA) is 75.7 Å². The highest BCUT2D eigenvalue weighted by atomic mass is 79.9. The van der Waals surface area contributed by atoms with Gasteiger partial charge in [0.2, 0.25) is 10.0 Å². The SMILES string of the molecule is CC(C)c1cc(Br)ccc1OCC(=O)Nc1ccc(S(=O)(=O)N2CCCC2)cc1. The number of rotatable bonds is 7. The molecule has 6 nitrogen and oxygen atoms in total. The van der Waals surface area contributed by atoms with Crippen molar-refractivity contribution in [2.45, 2.75) is 37.5 Å². The van der Waals surface area contributed by atoms with Crippen LogP contribution in [0.15, 0.2) is 51.8 Å². The summed E-state index contributed by atoms with van der Waals surface area (Å²) in [6.07, 6.45) is 1.79. The standard InChI is InChI=1S/C21H25BrN2O4S/c1-15(2)19-13-16(22)5-10-20(19)28-14-21(25)23-17-6-8-18(9-7-17)29(26,27)24-11-3-4-12-24/h5-10,13,15H,3-4,11-12,14H2,1-2H3,(H,23,25). The number of sulfonamides is 1. The number of anilines is 1. The molecule has 1 N–H and O–H groups in total. The maximum atomic E-state index is 12.6. The summed E-state index contributed by atoms with van der Waals surface area (Å²) in [7, 11) is -3.45. The normalized spacial score (nSPS) is 14.9. The summed E-state index contributed by atoms with van der Waals surface area (Å²) in [5.41, 5.74) is 1.54. The molecule has 0 aromatic heterocycles. The number of hydrogen-bond acceptors (Lipinski definition) is 4. The Morgan fingerprint density at radius 3 is 2.41 bits per heavy atom. The van der Waals surface area contributed by atoms with Crippen molar-refractivity contribution in [3.05, 3.63) is 52.5 Å². The van der Waals surface area contributed by atoms with E-state index in [1.54, 1.807) is 12.1 Å². The molecule has 1 heterocycles. The number of carbonyl (C=O) groups excluding carboxylic acids is 1. The third-order valence-electron chi connectivity index (χ3n) is 4.79. The molecular weight excluding hydrogens is 456 g/mol. The smallest absolute Gasteiger partial charge is 0.262 e. The van der Waals surface area contributed by atoms with E-state index < -0.39 is 10.0 Å². The second-order valence-corrected chi connectivity index (χ2v) is 10.2. The van der Waals surface area contributed by atoms with Crippen LogP contribution in [0.1, 0.15) is 38.2 Å². The number of amides is 1. The summed E-state index contributed by atoms with van der Waals surface area (Å²) in [5.74, 6) is 0.624. The van der Waals surface area contributed by atoms with Crippen LogP contribution in [0.5, 0.6) is 5.75 Å². The maximum Gasteiger partial charge on any atom is 0.262 e. The van der Waals surface area contributed by atoms with Crippen LogP contribution in [0, 0.1) is 0 Å². The molecule has 0 atom stereocenters. The molecule has 0 aliphatic carbocycles. The van der Waals surface area contributed by atoms with E-state index in [1.807, 2.05) is 18.2 Å². The Morgan fingerprint density at radius 1 is 1.14 bits per heavy atom. The Hall–Kier alpha value is -1.90. The van der Waals surface area contributed by atoms with Crippen molar-refractivity contribution in [1.82, 2.24) is 4.31 Å². The van der Waals surface area contributed by atoms with Crippen molar-refractivity contribution in [2.75, 3.05) is 25.0 Å². The van der Waals surface area contributed by atoms with Gasteiger partial charge in [-0.2, -0.15) is 4.31 Å². The molecule has 1 saturated heterocycles. The van der Waals surface area contributed by atoms with Gasteiger partial charge in [0.1, 0.15) is 5.75 Å². The lowest BCUT2D eigenvalue weighted by molar-refractivity contribution is -0.118. The van der Waals surface area contributed by atoms with Crippen LogP contribution in [-0.4, -0.2) is 38.3 Å². The average molecular weight is 481 g/mol. The third kappa shape index (κ3) is 5.38. The van der Waals surface area contributed by atoms with Gasteiger partial charge in [-0.1, -0.05) is 29.8 Å². The van der Waals surface area contributed by atoms with Crippen LogP contribution in [0.3, 0.4) is 0 Å². The van der Waals surface area contributed by atoms with Crippen LogP contribution < -0.4 is 10.1 Å². The lowest BCUT2D eigenvalue weighted by atomic mass is 10.0. The molecule has 2 aromatic rings. The predicted octanol–water partition coefficient (Wildman–Crippen LogP) is 4.37. The highest BCUT2D eigenvalue weighted by Gasteiger charge is 2.26. The Balaban J connectivity index is 1.60. The van der Waals surface area contributed by atoms with Crippen molar-refractivity contribution in [3.63, 3.8) is 0 Å². The first kappa shape index (κ1) is 21.8. The number of benzene rings is 2.